The van der Waals surface area contributed by atoms with E-state index in [0.29, 0.717) is 17.9 Å². The highest BCUT2D eigenvalue weighted by Gasteiger charge is 2.26. The highest BCUT2D eigenvalue weighted by Crippen LogP contribution is 2.31. The molecule has 132 valence electrons. The number of hydrogen-bond donors (Lipinski definition) is 2. The van der Waals surface area contributed by atoms with Gasteiger partial charge in [-0.3, -0.25) is 9.82 Å². The zero-order valence-corrected chi connectivity index (χ0v) is 14.5. The summed E-state index contributed by atoms with van der Waals surface area (Å²) in [5.41, 5.74) is 0.422. The maximum absolute atomic E-state index is 14.0. The Hall–Kier alpha value is -2.42. The number of anilines is 1. The smallest absolute Gasteiger partial charge is 0.282 e. The Kier molecular flexibility index (Phi) is 3.75. The molecule has 0 saturated heterocycles. The second-order valence-electron chi connectivity index (χ2n) is 6.28. The van der Waals surface area contributed by atoms with Gasteiger partial charge < -0.3 is 4.57 Å². The summed E-state index contributed by atoms with van der Waals surface area (Å²) in [5.74, 6) is 0.720. The van der Waals surface area contributed by atoms with Crippen LogP contribution in [0, 0.1) is 11.7 Å². The number of aromatic nitrogens is 4. The van der Waals surface area contributed by atoms with Gasteiger partial charge in [-0.2, -0.15) is 13.5 Å². The van der Waals surface area contributed by atoms with E-state index in [1.807, 2.05) is 11.5 Å². The van der Waals surface area contributed by atoms with E-state index < -0.39 is 15.8 Å². The van der Waals surface area contributed by atoms with Gasteiger partial charge in [0, 0.05) is 19.2 Å². The normalized spacial score (nSPS) is 15.0. The van der Waals surface area contributed by atoms with Gasteiger partial charge in [-0.15, -0.1) is 0 Å². The minimum absolute atomic E-state index is 0.0668. The first-order chi connectivity index (χ1) is 12.0. The quantitative estimate of drug-likeness (QED) is 0.704. The lowest BCUT2D eigenvalue weighted by Gasteiger charge is -2.03. The molecule has 4 rings (SSSR count). The lowest BCUT2D eigenvalue weighted by molar-refractivity contribution is 0.594. The Morgan fingerprint density at radius 1 is 1.40 bits per heavy atom. The maximum atomic E-state index is 14.0. The number of aryl methyl sites for hydroxylation is 1. The van der Waals surface area contributed by atoms with Crippen molar-refractivity contribution in [1.82, 2.24) is 19.7 Å². The Balaban J connectivity index is 1.68. The summed E-state index contributed by atoms with van der Waals surface area (Å²) in [6, 6.07) is 4.42. The summed E-state index contributed by atoms with van der Waals surface area (Å²) in [5, 5.41) is 6.55. The molecule has 2 heterocycles. The van der Waals surface area contributed by atoms with Gasteiger partial charge in [0.05, 0.1) is 10.9 Å². The van der Waals surface area contributed by atoms with Crippen molar-refractivity contribution in [3.8, 4) is 0 Å². The van der Waals surface area contributed by atoms with Crippen molar-refractivity contribution in [2.75, 3.05) is 4.72 Å². The molecule has 2 N–H and O–H groups in total. The first-order valence-corrected chi connectivity index (χ1v) is 9.67. The molecule has 0 unspecified atom stereocenters. The lowest BCUT2D eigenvalue weighted by Crippen LogP contribution is -2.14. The fraction of sp³-hybridized carbons (Fsp3) is 0.375. The van der Waals surface area contributed by atoms with Crippen molar-refractivity contribution in [1.29, 1.82) is 0 Å². The fourth-order valence-corrected chi connectivity index (χ4v) is 3.86. The standard InChI is InChI=1S/C16H18FN5O2S/c1-2-13-18-14(9-22(13)8-10-6-7-10)25(23,24)21-16-15-11(17)4-3-5-12(15)19-20-16/h3-5,9-10H,2,6-8H2,1H3,(H2,19,20,21). The van der Waals surface area contributed by atoms with Gasteiger partial charge in [0.25, 0.3) is 10.0 Å². The van der Waals surface area contributed by atoms with Crippen LogP contribution in [0.3, 0.4) is 0 Å². The Bertz CT molecular complexity index is 1040. The fourth-order valence-electron chi connectivity index (χ4n) is 2.86. The van der Waals surface area contributed by atoms with Crippen LogP contribution in [0.15, 0.2) is 29.4 Å². The molecule has 0 aliphatic heterocycles. The summed E-state index contributed by atoms with van der Waals surface area (Å²) in [4.78, 5) is 4.25. The third kappa shape index (κ3) is 2.99. The zero-order chi connectivity index (χ0) is 17.6. The molecule has 0 radical (unpaired) electrons. The van der Waals surface area contributed by atoms with E-state index >= 15 is 0 Å². The van der Waals surface area contributed by atoms with Crippen molar-refractivity contribution in [2.45, 2.75) is 37.8 Å². The zero-order valence-electron chi connectivity index (χ0n) is 13.7. The van der Waals surface area contributed by atoms with Crippen LogP contribution in [0.2, 0.25) is 0 Å². The number of nitrogens with zero attached hydrogens (tertiary/aromatic N) is 3. The summed E-state index contributed by atoms with van der Waals surface area (Å²) in [7, 11) is -3.95. The third-order valence-electron chi connectivity index (χ3n) is 4.35. The predicted octanol–water partition coefficient (Wildman–Crippen LogP) is 2.67. The highest BCUT2D eigenvalue weighted by molar-refractivity contribution is 7.92. The molecule has 0 spiro atoms. The largest absolute Gasteiger partial charge is 0.333 e. The average molecular weight is 363 g/mol. The van der Waals surface area contributed by atoms with Crippen LogP contribution in [0.5, 0.6) is 0 Å². The summed E-state index contributed by atoms with van der Waals surface area (Å²) < 4.78 is 43.6. The van der Waals surface area contributed by atoms with Crippen LogP contribution in [0.1, 0.15) is 25.6 Å². The number of rotatable bonds is 6. The second-order valence-corrected chi connectivity index (χ2v) is 7.91. The Morgan fingerprint density at radius 2 is 2.20 bits per heavy atom. The molecule has 1 fully saturated rings. The monoisotopic (exact) mass is 363 g/mol. The van der Waals surface area contributed by atoms with Crippen LogP contribution in [0.25, 0.3) is 10.9 Å². The average Bonchev–Trinajstić information content (AvgIpc) is 3.13. The molecule has 1 aliphatic carbocycles. The SMILES string of the molecule is CCc1nc(S(=O)(=O)Nc2n[nH]c3cccc(F)c23)cn1CC1CC1. The third-order valence-corrected chi connectivity index (χ3v) is 5.56. The van der Waals surface area contributed by atoms with E-state index in [1.165, 1.54) is 25.0 Å². The summed E-state index contributed by atoms with van der Waals surface area (Å²) in [6.07, 6.45) is 4.52. The van der Waals surface area contributed by atoms with Gasteiger partial charge >= 0.3 is 0 Å². The van der Waals surface area contributed by atoms with Gasteiger partial charge in [-0.05, 0) is 30.9 Å². The minimum atomic E-state index is -3.95. The van der Waals surface area contributed by atoms with Gasteiger partial charge in [0.1, 0.15) is 11.6 Å². The van der Waals surface area contributed by atoms with E-state index in [4.69, 9.17) is 0 Å². The first kappa shape index (κ1) is 16.1. The summed E-state index contributed by atoms with van der Waals surface area (Å²) in [6.45, 7) is 2.72. The van der Waals surface area contributed by atoms with Crippen LogP contribution in [0.4, 0.5) is 10.2 Å². The predicted molar refractivity (Wildman–Crippen MR) is 91.2 cm³/mol. The van der Waals surface area contributed by atoms with Crippen molar-refractivity contribution in [3.63, 3.8) is 0 Å². The van der Waals surface area contributed by atoms with Gasteiger partial charge in [-0.25, -0.2) is 9.37 Å². The van der Waals surface area contributed by atoms with Crippen LogP contribution in [-0.2, 0) is 23.0 Å². The van der Waals surface area contributed by atoms with Gasteiger partial charge in [0.2, 0.25) is 0 Å². The van der Waals surface area contributed by atoms with E-state index in [0.717, 1.165) is 12.4 Å². The van der Waals surface area contributed by atoms with Crippen molar-refractivity contribution < 1.29 is 12.8 Å². The number of nitrogens with one attached hydrogen (secondary N) is 2. The molecule has 1 saturated carbocycles. The van der Waals surface area contributed by atoms with Crippen molar-refractivity contribution >= 4 is 26.7 Å². The van der Waals surface area contributed by atoms with Crippen molar-refractivity contribution in [2.24, 2.45) is 5.92 Å². The molecule has 1 aromatic carbocycles. The molecule has 0 bridgehead atoms. The topological polar surface area (TPSA) is 92.7 Å². The van der Waals surface area contributed by atoms with E-state index in [1.54, 1.807) is 12.3 Å². The van der Waals surface area contributed by atoms with E-state index in [9.17, 15) is 12.8 Å². The molecule has 7 nitrogen and oxygen atoms in total. The molecular formula is C16H18FN5O2S. The number of hydrogen-bond acceptors (Lipinski definition) is 4. The second kappa shape index (κ2) is 5.83. The Labute approximate surface area is 144 Å². The molecule has 0 amide bonds. The van der Waals surface area contributed by atoms with Crippen LogP contribution in [-0.4, -0.2) is 28.2 Å². The molecule has 3 aromatic rings. The number of H-pyrrole nitrogens is 1. The molecule has 1 aliphatic rings. The molecule has 9 heteroatoms. The molecule has 25 heavy (non-hydrogen) atoms. The van der Waals surface area contributed by atoms with Gasteiger partial charge in [0.15, 0.2) is 10.8 Å². The number of imidazole rings is 1. The molecule has 0 atom stereocenters. The highest BCUT2D eigenvalue weighted by atomic mass is 32.2. The number of sulfonamides is 1. The van der Waals surface area contributed by atoms with E-state index in [2.05, 4.69) is 19.9 Å². The number of halogens is 1. The van der Waals surface area contributed by atoms with Crippen LogP contribution >= 0.6 is 0 Å². The number of fused-ring (bicyclic) bond motifs is 1. The van der Waals surface area contributed by atoms with Crippen molar-refractivity contribution in [3.05, 3.63) is 36.0 Å². The van der Waals surface area contributed by atoms with Gasteiger partial charge in [-0.1, -0.05) is 13.0 Å². The Morgan fingerprint density at radius 3 is 2.92 bits per heavy atom. The summed E-state index contributed by atoms with van der Waals surface area (Å²) >= 11 is 0. The maximum Gasteiger partial charge on any atom is 0.282 e. The number of benzene rings is 1. The van der Waals surface area contributed by atoms with Crippen LogP contribution < -0.4 is 4.72 Å². The lowest BCUT2D eigenvalue weighted by atomic mass is 10.2. The van der Waals surface area contributed by atoms with E-state index in [-0.39, 0.29) is 16.2 Å². The first-order valence-electron chi connectivity index (χ1n) is 8.19. The number of aromatic amines is 1. The molecular weight excluding hydrogens is 345 g/mol. The molecule has 2 aromatic heterocycles. The minimum Gasteiger partial charge on any atom is -0.333 e.